The number of halogens is 1. The highest BCUT2D eigenvalue weighted by molar-refractivity contribution is 9.10. The SMILES string of the molecule is N#CC(Cc1ccccc1)C(=O)NCc1cccc(Br)c1. The lowest BCUT2D eigenvalue weighted by Gasteiger charge is -2.10. The van der Waals surface area contributed by atoms with E-state index in [-0.39, 0.29) is 5.91 Å². The van der Waals surface area contributed by atoms with Crippen LogP contribution in [0.3, 0.4) is 0 Å². The molecule has 0 saturated carbocycles. The second kappa shape index (κ2) is 7.61. The van der Waals surface area contributed by atoms with Gasteiger partial charge >= 0.3 is 0 Å². The number of hydrogen-bond donors (Lipinski definition) is 1. The maximum atomic E-state index is 12.1. The van der Waals surface area contributed by atoms with Crippen LogP contribution in [0, 0.1) is 17.2 Å². The smallest absolute Gasteiger partial charge is 0.237 e. The zero-order valence-electron chi connectivity index (χ0n) is 11.4. The van der Waals surface area contributed by atoms with E-state index in [0.29, 0.717) is 13.0 Å². The van der Waals surface area contributed by atoms with Crippen LogP contribution >= 0.6 is 15.9 Å². The minimum Gasteiger partial charge on any atom is -0.351 e. The van der Waals surface area contributed by atoms with Crippen LogP contribution in [-0.2, 0) is 17.8 Å². The molecule has 0 radical (unpaired) electrons. The van der Waals surface area contributed by atoms with Crippen molar-refractivity contribution in [2.75, 3.05) is 0 Å². The van der Waals surface area contributed by atoms with Gasteiger partial charge in [0.1, 0.15) is 5.92 Å². The molecule has 2 rings (SSSR count). The third kappa shape index (κ3) is 4.73. The summed E-state index contributed by atoms with van der Waals surface area (Å²) >= 11 is 3.39. The average Bonchev–Trinajstić information content (AvgIpc) is 2.51. The molecule has 2 aromatic rings. The van der Waals surface area contributed by atoms with Gasteiger partial charge in [-0.15, -0.1) is 0 Å². The van der Waals surface area contributed by atoms with Gasteiger partial charge < -0.3 is 5.32 Å². The molecule has 0 fully saturated rings. The van der Waals surface area contributed by atoms with Gasteiger partial charge in [0.25, 0.3) is 0 Å². The number of carbonyl (C=O) groups excluding carboxylic acids is 1. The summed E-state index contributed by atoms with van der Waals surface area (Å²) in [5, 5.41) is 12.0. The molecule has 21 heavy (non-hydrogen) atoms. The molecule has 0 aliphatic heterocycles. The lowest BCUT2D eigenvalue weighted by molar-refractivity contribution is -0.123. The fraction of sp³-hybridized carbons (Fsp3) is 0.176. The zero-order chi connectivity index (χ0) is 15.1. The van der Waals surface area contributed by atoms with Gasteiger partial charge in [-0.3, -0.25) is 4.79 Å². The van der Waals surface area contributed by atoms with Crippen LogP contribution in [0.4, 0.5) is 0 Å². The second-order valence-corrected chi connectivity index (χ2v) is 5.63. The summed E-state index contributed by atoms with van der Waals surface area (Å²) in [5.74, 6) is -0.902. The minimum absolute atomic E-state index is 0.235. The average molecular weight is 343 g/mol. The third-order valence-corrected chi connectivity index (χ3v) is 3.60. The molecule has 0 spiro atoms. The van der Waals surface area contributed by atoms with Gasteiger partial charge in [-0.05, 0) is 29.7 Å². The van der Waals surface area contributed by atoms with Crippen LogP contribution in [0.1, 0.15) is 11.1 Å². The topological polar surface area (TPSA) is 52.9 Å². The molecule has 4 heteroatoms. The van der Waals surface area contributed by atoms with Crippen molar-refractivity contribution >= 4 is 21.8 Å². The Bertz CT molecular complexity index is 649. The number of nitriles is 1. The molecular formula is C17H15BrN2O. The first-order valence-corrected chi connectivity index (χ1v) is 7.44. The fourth-order valence-corrected chi connectivity index (χ4v) is 2.45. The van der Waals surface area contributed by atoms with Gasteiger partial charge in [-0.1, -0.05) is 58.4 Å². The normalized spacial score (nSPS) is 11.4. The quantitative estimate of drug-likeness (QED) is 0.904. The number of carbonyl (C=O) groups is 1. The minimum atomic E-state index is -0.667. The molecule has 0 aromatic heterocycles. The van der Waals surface area contributed by atoms with Crippen LogP contribution in [0.5, 0.6) is 0 Å². The van der Waals surface area contributed by atoms with Crippen LogP contribution in [0.25, 0.3) is 0 Å². The van der Waals surface area contributed by atoms with Crippen molar-refractivity contribution in [3.63, 3.8) is 0 Å². The monoisotopic (exact) mass is 342 g/mol. The summed E-state index contributed by atoms with van der Waals surface area (Å²) in [6, 6.07) is 19.4. The number of rotatable bonds is 5. The number of nitrogens with zero attached hydrogens (tertiary/aromatic N) is 1. The molecule has 0 aliphatic carbocycles. The van der Waals surface area contributed by atoms with Gasteiger partial charge in [-0.2, -0.15) is 5.26 Å². The molecule has 1 amide bonds. The number of hydrogen-bond acceptors (Lipinski definition) is 2. The molecular weight excluding hydrogens is 328 g/mol. The van der Waals surface area contributed by atoms with E-state index in [0.717, 1.165) is 15.6 Å². The Hall–Kier alpha value is -2.12. The molecule has 1 N–H and O–H groups in total. The van der Waals surface area contributed by atoms with Crippen LogP contribution < -0.4 is 5.32 Å². The summed E-state index contributed by atoms with van der Waals surface area (Å²) in [4.78, 5) is 12.1. The molecule has 0 bridgehead atoms. The summed E-state index contributed by atoms with van der Waals surface area (Å²) in [6.45, 7) is 0.422. The maximum absolute atomic E-state index is 12.1. The van der Waals surface area contributed by atoms with Crippen molar-refractivity contribution in [2.24, 2.45) is 5.92 Å². The Kier molecular flexibility index (Phi) is 5.53. The largest absolute Gasteiger partial charge is 0.351 e. The van der Waals surface area contributed by atoms with E-state index in [1.165, 1.54) is 0 Å². The Morgan fingerprint density at radius 2 is 1.86 bits per heavy atom. The first-order chi connectivity index (χ1) is 10.2. The van der Waals surface area contributed by atoms with Crippen molar-refractivity contribution in [2.45, 2.75) is 13.0 Å². The van der Waals surface area contributed by atoms with Crippen molar-refractivity contribution < 1.29 is 4.79 Å². The molecule has 3 nitrogen and oxygen atoms in total. The Morgan fingerprint density at radius 1 is 1.14 bits per heavy atom. The summed E-state index contributed by atoms with van der Waals surface area (Å²) in [6.07, 6.45) is 0.432. The van der Waals surface area contributed by atoms with Crippen molar-refractivity contribution in [1.82, 2.24) is 5.32 Å². The predicted octanol–water partition coefficient (Wildman–Crippen LogP) is 3.45. The van der Waals surface area contributed by atoms with Crippen LogP contribution in [0.15, 0.2) is 59.1 Å². The summed E-state index contributed by atoms with van der Waals surface area (Å²) in [7, 11) is 0. The Labute approximate surface area is 132 Å². The van der Waals surface area contributed by atoms with E-state index in [1.807, 2.05) is 54.6 Å². The highest BCUT2D eigenvalue weighted by Crippen LogP contribution is 2.12. The van der Waals surface area contributed by atoms with E-state index in [9.17, 15) is 10.1 Å². The zero-order valence-corrected chi connectivity index (χ0v) is 13.0. The van der Waals surface area contributed by atoms with E-state index in [2.05, 4.69) is 27.3 Å². The molecule has 1 atom stereocenters. The molecule has 0 aliphatic rings. The van der Waals surface area contributed by atoms with Gasteiger partial charge in [0.2, 0.25) is 5.91 Å². The lowest BCUT2D eigenvalue weighted by atomic mass is 10.00. The van der Waals surface area contributed by atoms with E-state index >= 15 is 0 Å². The van der Waals surface area contributed by atoms with E-state index < -0.39 is 5.92 Å². The third-order valence-electron chi connectivity index (χ3n) is 3.11. The number of amides is 1. The molecule has 0 heterocycles. The second-order valence-electron chi connectivity index (χ2n) is 4.72. The number of nitrogens with one attached hydrogen (secondary N) is 1. The van der Waals surface area contributed by atoms with Gasteiger partial charge in [0.15, 0.2) is 0 Å². The molecule has 1 unspecified atom stereocenters. The van der Waals surface area contributed by atoms with Gasteiger partial charge in [0.05, 0.1) is 6.07 Å². The summed E-state index contributed by atoms with van der Waals surface area (Å²) < 4.78 is 0.968. The highest BCUT2D eigenvalue weighted by Gasteiger charge is 2.17. The molecule has 0 saturated heterocycles. The van der Waals surface area contributed by atoms with Crippen molar-refractivity contribution in [3.8, 4) is 6.07 Å². The fourth-order valence-electron chi connectivity index (χ4n) is 2.01. The standard InChI is InChI=1S/C17H15BrN2O/c18-16-8-4-7-14(10-16)12-20-17(21)15(11-19)9-13-5-2-1-3-6-13/h1-8,10,15H,9,12H2,(H,20,21). The van der Waals surface area contributed by atoms with E-state index in [4.69, 9.17) is 0 Å². The first-order valence-electron chi connectivity index (χ1n) is 6.65. The van der Waals surface area contributed by atoms with Gasteiger partial charge in [-0.25, -0.2) is 0 Å². The van der Waals surface area contributed by atoms with Crippen molar-refractivity contribution in [1.29, 1.82) is 5.26 Å². The lowest BCUT2D eigenvalue weighted by Crippen LogP contribution is -2.30. The Morgan fingerprint density at radius 3 is 2.52 bits per heavy atom. The van der Waals surface area contributed by atoms with Crippen LogP contribution in [0.2, 0.25) is 0 Å². The van der Waals surface area contributed by atoms with Gasteiger partial charge in [0, 0.05) is 11.0 Å². The van der Waals surface area contributed by atoms with Crippen LogP contribution in [-0.4, -0.2) is 5.91 Å². The molecule has 106 valence electrons. The van der Waals surface area contributed by atoms with Crippen molar-refractivity contribution in [3.05, 3.63) is 70.2 Å². The Balaban J connectivity index is 1.93. The first kappa shape index (κ1) is 15.3. The van der Waals surface area contributed by atoms with E-state index in [1.54, 1.807) is 0 Å². The maximum Gasteiger partial charge on any atom is 0.237 e. The summed E-state index contributed by atoms with van der Waals surface area (Å²) in [5.41, 5.74) is 1.98. The number of benzene rings is 2. The predicted molar refractivity (Wildman–Crippen MR) is 85.2 cm³/mol. The highest BCUT2D eigenvalue weighted by atomic mass is 79.9. The molecule has 2 aromatic carbocycles.